The zero-order valence-corrected chi connectivity index (χ0v) is 13.4. The molecule has 0 aliphatic carbocycles. The van der Waals surface area contributed by atoms with Crippen molar-refractivity contribution in [1.82, 2.24) is 20.0 Å². The molecule has 0 aromatic carbocycles. The van der Waals surface area contributed by atoms with Crippen molar-refractivity contribution < 1.29 is 14.1 Å². The summed E-state index contributed by atoms with van der Waals surface area (Å²) >= 11 is 0. The first-order valence-electron chi connectivity index (χ1n) is 8.46. The van der Waals surface area contributed by atoms with Crippen molar-refractivity contribution in [3.63, 3.8) is 0 Å². The molecule has 2 fully saturated rings. The summed E-state index contributed by atoms with van der Waals surface area (Å²) in [6.45, 7) is 2.17. The predicted molar refractivity (Wildman–Crippen MR) is 84.3 cm³/mol. The van der Waals surface area contributed by atoms with Crippen molar-refractivity contribution in [2.45, 2.75) is 37.6 Å². The van der Waals surface area contributed by atoms with Gasteiger partial charge in [-0.15, -0.1) is 0 Å². The molecule has 1 amide bonds. The van der Waals surface area contributed by atoms with Gasteiger partial charge in [0, 0.05) is 31.9 Å². The quantitative estimate of drug-likeness (QED) is 0.860. The average Bonchev–Trinajstić information content (AvgIpc) is 3.32. The van der Waals surface area contributed by atoms with E-state index in [9.17, 15) is 4.79 Å². The fourth-order valence-corrected chi connectivity index (χ4v) is 3.41. The fourth-order valence-electron chi connectivity index (χ4n) is 3.41. The van der Waals surface area contributed by atoms with Crippen molar-refractivity contribution in [2.24, 2.45) is 0 Å². The summed E-state index contributed by atoms with van der Waals surface area (Å²) < 4.78 is 10.9. The van der Waals surface area contributed by atoms with Gasteiger partial charge in [0.05, 0.1) is 0 Å². The van der Waals surface area contributed by atoms with Crippen molar-refractivity contribution >= 4 is 5.91 Å². The fraction of sp³-hybridized carbons (Fsp3) is 0.529. The Labute approximate surface area is 140 Å². The molecule has 0 unspecified atom stereocenters. The number of nitrogens with zero attached hydrogens (tertiary/aromatic N) is 4. The largest absolute Gasteiger partial charge is 0.381 e. The van der Waals surface area contributed by atoms with Crippen LogP contribution in [0, 0.1) is 0 Å². The summed E-state index contributed by atoms with van der Waals surface area (Å²) in [5.41, 5.74) is 0.452. The minimum Gasteiger partial charge on any atom is -0.381 e. The normalized spacial score (nSPS) is 22.0. The number of aromatic nitrogens is 3. The van der Waals surface area contributed by atoms with E-state index in [-0.39, 0.29) is 17.9 Å². The first kappa shape index (κ1) is 15.3. The number of likely N-dealkylation sites (tertiary alicyclic amines) is 1. The van der Waals surface area contributed by atoms with Crippen LogP contribution in [0.25, 0.3) is 0 Å². The Balaban J connectivity index is 1.52. The first-order chi connectivity index (χ1) is 11.8. The van der Waals surface area contributed by atoms with E-state index in [1.165, 1.54) is 0 Å². The summed E-state index contributed by atoms with van der Waals surface area (Å²) in [5.74, 6) is 1.49. The standard InChI is InChI=1S/C17H20N4O3/c22-17(13-4-1-2-8-18-13)21-9-3-5-14(21)16-19-15(20-24-16)12-6-10-23-11-7-12/h1-2,4,8,12,14H,3,5-7,9-11H2/t14-/m0/s1. The number of carbonyl (C=O) groups excluding carboxylic acids is 1. The molecule has 0 saturated carbocycles. The van der Waals surface area contributed by atoms with E-state index in [4.69, 9.17) is 9.26 Å². The number of rotatable bonds is 3. The molecule has 7 heteroatoms. The SMILES string of the molecule is O=C(c1ccccn1)N1CCC[C@H]1c1nc(C2CCOCC2)no1. The van der Waals surface area contributed by atoms with E-state index >= 15 is 0 Å². The van der Waals surface area contributed by atoms with Gasteiger partial charge in [-0.3, -0.25) is 9.78 Å². The molecule has 24 heavy (non-hydrogen) atoms. The van der Waals surface area contributed by atoms with Gasteiger partial charge < -0.3 is 14.2 Å². The van der Waals surface area contributed by atoms with E-state index in [1.807, 2.05) is 6.07 Å². The molecular weight excluding hydrogens is 308 g/mol. The molecule has 2 aromatic rings. The maximum absolute atomic E-state index is 12.7. The van der Waals surface area contributed by atoms with Crippen LogP contribution >= 0.6 is 0 Å². The Morgan fingerprint density at radius 2 is 2.08 bits per heavy atom. The first-order valence-corrected chi connectivity index (χ1v) is 8.46. The van der Waals surface area contributed by atoms with E-state index in [1.54, 1.807) is 23.2 Å². The maximum Gasteiger partial charge on any atom is 0.273 e. The van der Waals surface area contributed by atoms with Crippen molar-refractivity contribution in [2.75, 3.05) is 19.8 Å². The highest BCUT2D eigenvalue weighted by atomic mass is 16.5. The topological polar surface area (TPSA) is 81.4 Å². The highest BCUT2D eigenvalue weighted by Gasteiger charge is 2.35. The number of hydrogen-bond donors (Lipinski definition) is 0. The molecule has 2 aromatic heterocycles. The summed E-state index contributed by atoms with van der Waals surface area (Å²) in [6.07, 6.45) is 5.24. The minimum atomic E-state index is -0.152. The lowest BCUT2D eigenvalue weighted by Gasteiger charge is -2.21. The van der Waals surface area contributed by atoms with Crippen LogP contribution in [0.1, 0.15) is 59.8 Å². The van der Waals surface area contributed by atoms with E-state index in [0.29, 0.717) is 18.1 Å². The van der Waals surface area contributed by atoms with Crippen LogP contribution in [0.15, 0.2) is 28.9 Å². The highest BCUT2D eigenvalue weighted by molar-refractivity contribution is 5.92. The zero-order valence-electron chi connectivity index (χ0n) is 13.4. The van der Waals surface area contributed by atoms with Crippen LogP contribution in [-0.4, -0.2) is 45.7 Å². The molecule has 126 valence electrons. The highest BCUT2D eigenvalue weighted by Crippen LogP contribution is 2.33. The number of pyridine rings is 1. The van der Waals surface area contributed by atoms with Crippen LogP contribution in [0.2, 0.25) is 0 Å². The molecule has 4 rings (SSSR count). The van der Waals surface area contributed by atoms with Gasteiger partial charge in [-0.1, -0.05) is 11.2 Å². The predicted octanol–water partition coefficient (Wildman–Crippen LogP) is 2.34. The van der Waals surface area contributed by atoms with Gasteiger partial charge in [0.1, 0.15) is 11.7 Å². The van der Waals surface area contributed by atoms with Crippen LogP contribution in [0.5, 0.6) is 0 Å². The smallest absolute Gasteiger partial charge is 0.273 e. The minimum absolute atomic E-state index is 0.0797. The molecule has 2 saturated heterocycles. The molecule has 2 aliphatic heterocycles. The van der Waals surface area contributed by atoms with Gasteiger partial charge in [-0.2, -0.15) is 4.98 Å². The van der Waals surface area contributed by atoms with E-state index in [2.05, 4.69) is 15.1 Å². The third kappa shape index (κ3) is 2.91. The second kappa shape index (κ2) is 6.68. The van der Waals surface area contributed by atoms with Gasteiger partial charge in [0.2, 0.25) is 5.89 Å². The Kier molecular flexibility index (Phi) is 4.25. The lowest BCUT2D eigenvalue weighted by Crippen LogP contribution is -2.31. The van der Waals surface area contributed by atoms with E-state index in [0.717, 1.165) is 44.7 Å². The van der Waals surface area contributed by atoms with Crippen LogP contribution in [0.4, 0.5) is 0 Å². The molecule has 0 radical (unpaired) electrons. The number of hydrogen-bond acceptors (Lipinski definition) is 6. The lowest BCUT2D eigenvalue weighted by molar-refractivity contribution is 0.0704. The third-order valence-corrected chi connectivity index (χ3v) is 4.73. The van der Waals surface area contributed by atoms with Crippen LogP contribution in [0.3, 0.4) is 0 Å². The molecule has 7 nitrogen and oxygen atoms in total. The van der Waals surface area contributed by atoms with Gasteiger partial charge in [-0.25, -0.2) is 0 Å². The molecule has 0 N–H and O–H groups in total. The van der Waals surface area contributed by atoms with Crippen molar-refractivity contribution in [3.8, 4) is 0 Å². The summed E-state index contributed by atoms with van der Waals surface area (Å²) in [4.78, 5) is 23.2. The van der Waals surface area contributed by atoms with E-state index < -0.39 is 0 Å². The molecule has 0 spiro atoms. The van der Waals surface area contributed by atoms with Gasteiger partial charge in [0.15, 0.2) is 5.82 Å². The molecule has 4 heterocycles. The second-order valence-corrected chi connectivity index (χ2v) is 6.25. The summed E-state index contributed by atoms with van der Waals surface area (Å²) in [6, 6.07) is 5.21. The van der Waals surface area contributed by atoms with Crippen LogP contribution < -0.4 is 0 Å². The second-order valence-electron chi connectivity index (χ2n) is 6.25. The lowest BCUT2D eigenvalue weighted by atomic mass is 10.00. The average molecular weight is 328 g/mol. The Morgan fingerprint density at radius 3 is 2.88 bits per heavy atom. The monoisotopic (exact) mass is 328 g/mol. The molecule has 0 bridgehead atoms. The number of ether oxygens (including phenoxy) is 1. The maximum atomic E-state index is 12.7. The molecular formula is C17H20N4O3. The Morgan fingerprint density at radius 1 is 1.21 bits per heavy atom. The summed E-state index contributed by atoms with van der Waals surface area (Å²) in [5, 5.41) is 4.16. The van der Waals surface area contributed by atoms with Gasteiger partial charge in [-0.05, 0) is 37.8 Å². The van der Waals surface area contributed by atoms with Crippen molar-refractivity contribution in [3.05, 3.63) is 41.8 Å². The Bertz CT molecular complexity index is 697. The molecule has 2 aliphatic rings. The third-order valence-electron chi connectivity index (χ3n) is 4.73. The zero-order chi connectivity index (χ0) is 16.4. The Hall–Kier alpha value is -2.28. The number of carbonyl (C=O) groups is 1. The number of amides is 1. The van der Waals surface area contributed by atoms with Gasteiger partial charge >= 0.3 is 0 Å². The van der Waals surface area contributed by atoms with Crippen LogP contribution in [-0.2, 0) is 4.74 Å². The van der Waals surface area contributed by atoms with Crippen molar-refractivity contribution in [1.29, 1.82) is 0 Å². The molecule has 1 atom stereocenters. The summed E-state index contributed by atoms with van der Waals surface area (Å²) in [7, 11) is 0. The van der Waals surface area contributed by atoms with Gasteiger partial charge in [0.25, 0.3) is 5.91 Å².